The molecule has 3 atom stereocenters. The molecule has 2 nitrogen and oxygen atoms in total. The van der Waals surface area contributed by atoms with Crippen molar-refractivity contribution in [3.05, 3.63) is 0 Å². The van der Waals surface area contributed by atoms with Crippen LogP contribution in [0.1, 0.15) is 78.6 Å². The topological polar surface area (TPSA) is 15.3 Å². The van der Waals surface area contributed by atoms with Crippen molar-refractivity contribution < 1.29 is 0 Å². The van der Waals surface area contributed by atoms with Crippen molar-refractivity contribution in [1.29, 1.82) is 0 Å². The van der Waals surface area contributed by atoms with Gasteiger partial charge >= 0.3 is 0 Å². The van der Waals surface area contributed by atoms with E-state index in [0.29, 0.717) is 5.54 Å². The lowest BCUT2D eigenvalue weighted by atomic mass is 9.76. The van der Waals surface area contributed by atoms with Crippen molar-refractivity contribution in [1.82, 2.24) is 10.2 Å². The van der Waals surface area contributed by atoms with Gasteiger partial charge < -0.3 is 5.32 Å². The summed E-state index contributed by atoms with van der Waals surface area (Å²) in [6, 6.07) is 1.62. The molecule has 2 aliphatic carbocycles. The molecular formula is C19H36N2. The van der Waals surface area contributed by atoms with Crippen LogP contribution in [-0.2, 0) is 0 Å². The summed E-state index contributed by atoms with van der Waals surface area (Å²) in [4.78, 5) is 2.96. The van der Waals surface area contributed by atoms with Gasteiger partial charge in [0.2, 0.25) is 0 Å². The largest absolute Gasteiger partial charge is 0.308 e. The van der Waals surface area contributed by atoms with Crippen molar-refractivity contribution in [2.45, 2.75) is 96.2 Å². The average Bonchev–Trinajstić information content (AvgIpc) is 2.48. The first-order chi connectivity index (χ1) is 10.1. The molecule has 1 aliphatic heterocycles. The summed E-state index contributed by atoms with van der Waals surface area (Å²) in [6.45, 7) is 9.86. The Morgan fingerprint density at radius 2 is 1.81 bits per heavy atom. The fraction of sp³-hybridized carbons (Fsp3) is 1.00. The Labute approximate surface area is 132 Å². The normalized spacial score (nSPS) is 38.0. The Balaban J connectivity index is 1.74. The molecule has 2 saturated carbocycles. The van der Waals surface area contributed by atoms with E-state index in [0.717, 1.165) is 23.9 Å². The molecule has 0 bridgehead atoms. The van der Waals surface area contributed by atoms with Gasteiger partial charge in [-0.25, -0.2) is 0 Å². The third-order valence-corrected chi connectivity index (χ3v) is 6.56. The van der Waals surface area contributed by atoms with Gasteiger partial charge in [0.25, 0.3) is 0 Å². The number of nitrogens with zero attached hydrogens (tertiary/aromatic N) is 1. The van der Waals surface area contributed by atoms with Crippen LogP contribution in [0.2, 0.25) is 0 Å². The highest BCUT2D eigenvalue weighted by atomic mass is 15.3. The quantitative estimate of drug-likeness (QED) is 0.820. The predicted molar refractivity (Wildman–Crippen MR) is 90.6 cm³/mol. The van der Waals surface area contributed by atoms with Crippen LogP contribution in [0.15, 0.2) is 0 Å². The number of nitrogens with one attached hydrogen (secondary N) is 1. The van der Waals surface area contributed by atoms with Crippen LogP contribution >= 0.6 is 0 Å². The lowest BCUT2D eigenvalue weighted by Crippen LogP contribution is -2.68. The zero-order chi connectivity index (χ0) is 14.9. The number of hydrogen-bond acceptors (Lipinski definition) is 2. The molecule has 0 radical (unpaired) electrons. The van der Waals surface area contributed by atoms with Crippen molar-refractivity contribution in [3.8, 4) is 0 Å². The van der Waals surface area contributed by atoms with E-state index >= 15 is 0 Å². The highest BCUT2D eigenvalue weighted by Crippen LogP contribution is 2.37. The third-order valence-electron chi connectivity index (χ3n) is 6.56. The van der Waals surface area contributed by atoms with Crippen LogP contribution in [0.4, 0.5) is 0 Å². The maximum absolute atomic E-state index is 4.00. The monoisotopic (exact) mass is 292 g/mol. The minimum atomic E-state index is 0.463. The van der Waals surface area contributed by atoms with E-state index in [1.165, 1.54) is 70.9 Å². The number of hydrogen-bond donors (Lipinski definition) is 1. The first-order valence-corrected chi connectivity index (χ1v) is 9.60. The van der Waals surface area contributed by atoms with Crippen LogP contribution in [-0.4, -0.2) is 35.6 Å². The summed E-state index contributed by atoms with van der Waals surface area (Å²) >= 11 is 0. The molecule has 1 N–H and O–H groups in total. The molecule has 122 valence electrons. The van der Waals surface area contributed by atoms with Gasteiger partial charge in [-0.3, -0.25) is 4.90 Å². The summed E-state index contributed by atoms with van der Waals surface area (Å²) in [5, 5.41) is 4.00. The maximum atomic E-state index is 4.00. The molecule has 3 aliphatic rings. The molecule has 0 aromatic rings. The fourth-order valence-corrected chi connectivity index (χ4v) is 5.25. The second-order valence-corrected chi connectivity index (χ2v) is 8.63. The van der Waals surface area contributed by atoms with E-state index < -0.39 is 0 Å². The van der Waals surface area contributed by atoms with Crippen LogP contribution in [0, 0.1) is 11.8 Å². The Hall–Kier alpha value is -0.0800. The Kier molecular flexibility index (Phi) is 4.95. The first-order valence-electron chi connectivity index (χ1n) is 9.60. The summed E-state index contributed by atoms with van der Waals surface area (Å²) in [7, 11) is 0. The van der Waals surface area contributed by atoms with Gasteiger partial charge in [0.15, 0.2) is 0 Å². The summed E-state index contributed by atoms with van der Waals surface area (Å²) in [6.07, 6.45) is 13.0. The summed E-state index contributed by atoms with van der Waals surface area (Å²) in [5.74, 6) is 1.71. The zero-order valence-electron chi connectivity index (χ0n) is 14.5. The average molecular weight is 293 g/mol. The predicted octanol–water partition coefficient (Wildman–Crippen LogP) is 4.20. The lowest BCUT2D eigenvalue weighted by molar-refractivity contribution is -0.0103. The van der Waals surface area contributed by atoms with E-state index in [9.17, 15) is 0 Å². The van der Waals surface area contributed by atoms with Crippen LogP contribution in [0.25, 0.3) is 0 Å². The van der Waals surface area contributed by atoms with Crippen molar-refractivity contribution in [2.24, 2.45) is 11.8 Å². The van der Waals surface area contributed by atoms with Gasteiger partial charge in [0.05, 0.1) is 0 Å². The molecule has 0 aromatic carbocycles. The molecule has 1 spiro atoms. The Morgan fingerprint density at radius 3 is 2.48 bits per heavy atom. The van der Waals surface area contributed by atoms with E-state index in [2.05, 4.69) is 31.0 Å². The molecule has 1 saturated heterocycles. The van der Waals surface area contributed by atoms with E-state index in [1.807, 2.05) is 0 Å². The van der Waals surface area contributed by atoms with Gasteiger partial charge in [-0.05, 0) is 37.5 Å². The number of rotatable bonds is 2. The van der Waals surface area contributed by atoms with Crippen molar-refractivity contribution in [3.63, 3.8) is 0 Å². The van der Waals surface area contributed by atoms with Gasteiger partial charge in [-0.1, -0.05) is 52.9 Å². The minimum Gasteiger partial charge on any atom is -0.308 e. The van der Waals surface area contributed by atoms with Gasteiger partial charge in [-0.15, -0.1) is 0 Å². The van der Waals surface area contributed by atoms with Crippen molar-refractivity contribution in [2.75, 3.05) is 13.1 Å². The summed E-state index contributed by atoms with van der Waals surface area (Å²) in [5.41, 5.74) is 0.463. The smallest absolute Gasteiger partial charge is 0.0309 e. The highest BCUT2D eigenvalue weighted by Gasteiger charge is 2.43. The molecule has 0 aromatic heterocycles. The maximum Gasteiger partial charge on any atom is 0.0309 e. The standard InChI is InChI=1S/C19H36N2/c1-15(2)18-13-20-19(10-5-4-6-11-19)14-21(18)17-9-7-8-16(3)12-17/h15-18,20H,4-14H2,1-3H3. The molecular weight excluding hydrogens is 256 g/mol. The molecule has 2 heteroatoms. The second-order valence-electron chi connectivity index (χ2n) is 8.63. The molecule has 3 unspecified atom stereocenters. The summed E-state index contributed by atoms with van der Waals surface area (Å²) < 4.78 is 0. The molecule has 3 rings (SSSR count). The lowest BCUT2D eigenvalue weighted by Gasteiger charge is -2.54. The second kappa shape index (κ2) is 6.58. The van der Waals surface area contributed by atoms with Gasteiger partial charge in [0.1, 0.15) is 0 Å². The SMILES string of the molecule is CC1CCCC(N2CC3(CCCCC3)NCC2C(C)C)C1. The minimum absolute atomic E-state index is 0.463. The fourth-order valence-electron chi connectivity index (χ4n) is 5.25. The molecule has 21 heavy (non-hydrogen) atoms. The molecule has 3 fully saturated rings. The van der Waals surface area contributed by atoms with E-state index in [1.54, 1.807) is 0 Å². The highest BCUT2D eigenvalue weighted by molar-refractivity contribution is 5.02. The molecule has 1 heterocycles. The zero-order valence-corrected chi connectivity index (χ0v) is 14.5. The van der Waals surface area contributed by atoms with Gasteiger partial charge in [0, 0.05) is 30.7 Å². The number of piperazine rings is 1. The Bertz CT molecular complexity index is 332. The molecule has 0 amide bonds. The first kappa shape index (κ1) is 15.8. The van der Waals surface area contributed by atoms with Crippen LogP contribution in [0.3, 0.4) is 0 Å². The third kappa shape index (κ3) is 3.47. The van der Waals surface area contributed by atoms with E-state index in [4.69, 9.17) is 0 Å². The van der Waals surface area contributed by atoms with E-state index in [-0.39, 0.29) is 0 Å². The van der Waals surface area contributed by atoms with Crippen LogP contribution < -0.4 is 5.32 Å². The van der Waals surface area contributed by atoms with Crippen molar-refractivity contribution >= 4 is 0 Å². The Morgan fingerprint density at radius 1 is 1.05 bits per heavy atom. The van der Waals surface area contributed by atoms with Crippen LogP contribution in [0.5, 0.6) is 0 Å². The van der Waals surface area contributed by atoms with Gasteiger partial charge in [-0.2, -0.15) is 0 Å².